The van der Waals surface area contributed by atoms with E-state index in [0.29, 0.717) is 37.5 Å². The third-order valence-corrected chi connectivity index (χ3v) is 5.66. The minimum Gasteiger partial charge on any atom is -0.482 e. The number of hydrogen-bond donors (Lipinski definition) is 1. The summed E-state index contributed by atoms with van der Waals surface area (Å²) < 4.78 is 5.46. The monoisotopic (exact) mass is 357 g/mol. The molecule has 3 amide bonds. The lowest BCUT2D eigenvalue weighted by Crippen LogP contribution is -2.49. The minimum absolute atomic E-state index is 0.0175. The van der Waals surface area contributed by atoms with Gasteiger partial charge in [0.15, 0.2) is 6.61 Å². The Balaban J connectivity index is 1.50. The van der Waals surface area contributed by atoms with Crippen molar-refractivity contribution < 1.29 is 19.1 Å². The highest BCUT2D eigenvalue weighted by molar-refractivity contribution is 6.02. The molecule has 3 aliphatic heterocycles. The lowest BCUT2D eigenvalue weighted by atomic mass is 9.79. The van der Waals surface area contributed by atoms with Gasteiger partial charge >= 0.3 is 0 Å². The molecule has 1 N–H and O–H groups in total. The van der Waals surface area contributed by atoms with E-state index in [-0.39, 0.29) is 30.9 Å². The Morgan fingerprint density at radius 3 is 2.96 bits per heavy atom. The van der Waals surface area contributed by atoms with Crippen LogP contribution in [-0.4, -0.2) is 55.4 Å². The van der Waals surface area contributed by atoms with Crippen molar-refractivity contribution in [2.24, 2.45) is 5.41 Å². The number of carbonyl (C=O) groups excluding carboxylic acids is 3. The highest BCUT2D eigenvalue weighted by Gasteiger charge is 2.47. The lowest BCUT2D eigenvalue weighted by molar-refractivity contribution is -0.135. The van der Waals surface area contributed by atoms with Crippen LogP contribution in [0.1, 0.15) is 24.8 Å². The van der Waals surface area contributed by atoms with Gasteiger partial charge in [-0.1, -0.05) is 6.07 Å². The molecule has 0 unspecified atom stereocenters. The van der Waals surface area contributed by atoms with Gasteiger partial charge in [-0.3, -0.25) is 19.3 Å². The summed E-state index contributed by atoms with van der Waals surface area (Å²) in [5.41, 5.74) is 1.19. The summed E-state index contributed by atoms with van der Waals surface area (Å²) in [6.45, 7) is 3.58. The van der Waals surface area contributed by atoms with E-state index in [1.807, 2.05) is 25.1 Å². The van der Waals surface area contributed by atoms with E-state index in [2.05, 4.69) is 5.32 Å². The molecule has 3 heterocycles. The second kappa shape index (κ2) is 6.30. The van der Waals surface area contributed by atoms with Crippen LogP contribution in [0.5, 0.6) is 5.75 Å². The predicted molar refractivity (Wildman–Crippen MR) is 94.9 cm³/mol. The second-order valence-electron chi connectivity index (χ2n) is 7.44. The van der Waals surface area contributed by atoms with Crippen LogP contribution in [0.4, 0.5) is 5.69 Å². The van der Waals surface area contributed by atoms with Crippen molar-refractivity contribution in [1.29, 1.82) is 0 Å². The largest absolute Gasteiger partial charge is 0.482 e. The quantitative estimate of drug-likeness (QED) is 0.851. The highest BCUT2D eigenvalue weighted by atomic mass is 16.5. The first-order chi connectivity index (χ1) is 12.5. The second-order valence-corrected chi connectivity index (χ2v) is 7.44. The van der Waals surface area contributed by atoms with Crippen molar-refractivity contribution in [2.75, 3.05) is 37.7 Å². The number of anilines is 1. The number of amides is 3. The molecular formula is C19H23N3O4. The number of ether oxygens (including phenoxy) is 1. The average molecular weight is 357 g/mol. The maximum absolute atomic E-state index is 12.8. The summed E-state index contributed by atoms with van der Waals surface area (Å²) in [7, 11) is 0. The number of likely N-dealkylation sites (tertiary alicyclic amines) is 1. The number of rotatable bonds is 2. The molecule has 1 aromatic carbocycles. The smallest absolute Gasteiger partial charge is 0.265 e. The van der Waals surface area contributed by atoms with Gasteiger partial charge in [-0.05, 0) is 43.9 Å². The molecule has 7 nitrogen and oxygen atoms in total. The van der Waals surface area contributed by atoms with Crippen LogP contribution < -0.4 is 15.0 Å². The summed E-state index contributed by atoms with van der Waals surface area (Å²) in [6, 6.07) is 5.60. The third-order valence-electron chi connectivity index (χ3n) is 5.66. The zero-order valence-corrected chi connectivity index (χ0v) is 14.9. The van der Waals surface area contributed by atoms with E-state index in [1.54, 1.807) is 4.90 Å². The first-order valence-corrected chi connectivity index (χ1v) is 9.08. The van der Waals surface area contributed by atoms with Gasteiger partial charge in [0, 0.05) is 19.6 Å². The fraction of sp³-hybridized carbons (Fsp3) is 0.526. The van der Waals surface area contributed by atoms with Crippen LogP contribution >= 0.6 is 0 Å². The van der Waals surface area contributed by atoms with E-state index in [4.69, 9.17) is 4.74 Å². The van der Waals surface area contributed by atoms with E-state index in [0.717, 1.165) is 18.4 Å². The maximum Gasteiger partial charge on any atom is 0.265 e. The van der Waals surface area contributed by atoms with Gasteiger partial charge < -0.3 is 15.0 Å². The van der Waals surface area contributed by atoms with Crippen LogP contribution in [-0.2, 0) is 14.4 Å². The van der Waals surface area contributed by atoms with E-state index in [1.165, 1.54) is 4.90 Å². The Labute approximate surface area is 152 Å². The molecule has 0 aromatic heterocycles. The van der Waals surface area contributed by atoms with Gasteiger partial charge in [-0.15, -0.1) is 0 Å². The molecule has 2 saturated heterocycles. The van der Waals surface area contributed by atoms with Crippen molar-refractivity contribution in [3.8, 4) is 5.75 Å². The number of aryl methyl sites for hydroxylation is 1. The fourth-order valence-corrected chi connectivity index (χ4v) is 4.13. The van der Waals surface area contributed by atoms with Crippen molar-refractivity contribution in [3.05, 3.63) is 23.8 Å². The highest BCUT2D eigenvalue weighted by Crippen LogP contribution is 2.38. The molecule has 26 heavy (non-hydrogen) atoms. The number of nitrogens with one attached hydrogen (secondary N) is 1. The Morgan fingerprint density at radius 1 is 1.31 bits per heavy atom. The van der Waals surface area contributed by atoms with Crippen LogP contribution in [0, 0.1) is 12.3 Å². The summed E-state index contributed by atoms with van der Waals surface area (Å²) in [6.07, 6.45) is 2.46. The van der Waals surface area contributed by atoms with Gasteiger partial charge in [0.1, 0.15) is 12.3 Å². The topological polar surface area (TPSA) is 79.0 Å². The van der Waals surface area contributed by atoms with E-state index >= 15 is 0 Å². The fourth-order valence-electron chi connectivity index (χ4n) is 4.13. The molecule has 1 atom stereocenters. The first-order valence-electron chi connectivity index (χ1n) is 9.08. The molecule has 0 radical (unpaired) electrons. The Morgan fingerprint density at radius 2 is 2.15 bits per heavy atom. The van der Waals surface area contributed by atoms with Gasteiger partial charge in [0.25, 0.3) is 5.91 Å². The van der Waals surface area contributed by atoms with Gasteiger partial charge in [0.2, 0.25) is 11.8 Å². The van der Waals surface area contributed by atoms with E-state index in [9.17, 15) is 14.4 Å². The standard InChI is InChI=1S/C19H23N3O4/c1-13-3-4-15-14(9-13)22(17(24)11-26-15)10-16(23)21-8-6-19(12-21)5-2-7-20-18(19)25/h3-4,9H,2,5-8,10-12H2,1H3,(H,20,25)/t19-/m1/s1. The molecule has 0 saturated carbocycles. The summed E-state index contributed by atoms with van der Waals surface area (Å²) >= 11 is 0. The average Bonchev–Trinajstić information content (AvgIpc) is 3.05. The lowest BCUT2D eigenvalue weighted by Gasteiger charge is -2.33. The van der Waals surface area contributed by atoms with Crippen LogP contribution in [0.15, 0.2) is 18.2 Å². The van der Waals surface area contributed by atoms with Crippen LogP contribution in [0.2, 0.25) is 0 Å². The molecule has 138 valence electrons. The van der Waals surface area contributed by atoms with Gasteiger partial charge in [0.05, 0.1) is 11.1 Å². The number of nitrogens with zero attached hydrogens (tertiary/aromatic N) is 2. The zero-order chi connectivity index (χ0) is 18.3. The van der Waals surface area contributed by atoms with Crippen LogP contribution in [0.3, 0.4) is 0 Å². The zero-order valence-electron chi connectivity index (χ0n) is 14.9. The van der Waals surface area contributed by atoms with E-state index < -0.39 is 5.41 Å². The van der Waals surface area contributed by atoms with Crippen molar-refractivity contribution in [1.82, 2.24) is 10.2 Å². The number of carbonyl (C=O) groups is 3. The van der Waals surface area contributed by atoms with Gasteiger partial charge in [-0.2, -0.15) is 0 Å². The minimum atomic E-state index is -0.447. The number of hydrogen-bond acceptors (Lipinski definition) is 4. The molecule has 1 aromatic rings. The molecule has 4 rings (SSSR count). The molecule has 0 bridgehead atoms. The van der Waals surface area contributed by atoms with Gasteiger partial charge in [-0.25, -0.2) is 0 Å². The Bertz CT molecular complexity index is 778. The van der Waals surface area contributed by atoms with Crippen LogP contribution in [0.25, 0.3) is 0 Å². The van der Waals surface area contributed by atoms with Crippen molar-refractivity contribution >= 4 is 23.4 Å². The molecule has 2 fully saturated rings. The number of fused-ring (bicyclic) bond motifs is 1. The molecule has 3 aliphatic rings. The summed E-state index contributed by atoms with van der Waals surface area (Å²) in [4.78, 5) is 40.7. The Hall–Kier alpha value is -2.57. The number of piperidine rings is 1. The van der Waals surface area contributed by atoms with Crippen molar-refractivity contribution in [2.45, 2.75) is 26.2 Å². The first kappa shape index (κ1) is 16.9. The molecular weight excluding hydrogens is 334 g/mol. The molecule has 0 aliphatic carbocycles. The maximum atomic E-state index is 12.8. The molecule has 1 spiro atoms. The SMILES string of the molecule is Cc1ccc2c(c1)N(CC(=O)N1CC[C@]3(CCCNC3=O)C1)C(=O)CO2. The summed E-state index contributed by atoms with van der Waals surface area (Å²) in [5, 5.41) is 2.92. The Kier molecular flexibility index (Phi) is 4.09. The normalized spacial score (nSPS) is 25.1. The third kappa shape index (κ3) is 2.81. The molecule has 7 heteroatoms. The summed E-state index contributed by atoms with van der Waals surface area (Å²) in [5.74, 6) is 0.332. The number of benzene rings is 1. The predicted octanol–water partition coefficient (Wildman–Crippen LogP) is 0.849. The van der Waals surface area contributed by atoms with Crippen molar-refractivity contribution in [3.63, 3.8) is 0 Å².